The Bertz CT molecular complexity index is 685. The van der Waals surface area contributed by atoms with Crippen LogP contribution >= 0.6 is 0 Å². The van der Waals surface area contributed by atoms with E-state index in [1.807, 2.05) is 27.7 Å². The third-order valence-corrected chi connectivity index (χ3v) is 7.61. The van der Waals surface area contributed by atoms with Crippen molar-refractivity contribution in [3.63, 3.8) is 0 Å². The quantitative estimate of drug-likeness (QED) is 0.513. The van der Waals surface area contributed by atoms with E-state index in [1.165, 1.54) is 0 Å². The molecule has 196 valence electrons. The SMILES string of the molecule is CCOC(=O)[C@H]1CC[C@H](OC(C(=O)OC(C)(C)C)(N2CCCC2)N2C[C@H](C)N(C)[C@@H](C)C2)CC1. The minimum Gasteiger partial charge on any atom is -0.466 e. The van der Waals surface area contributed by atoms with Gasteiger partial charge in [0.2, 0.25) is 0 Å². The fraction of sp³-hybridized carbons (Fsp3) is 0.923. The first-order valence-corrected chi connectivity index (χ1v) is 13.3. The number of carbonyl (C=O) groups excluding carboxylic acids is 2. The van der Waals surface area contributed by atoms with Crippen molar-refractivity contribution in [2.24, 2.45) is 5.92 Å². The molecule has 8 heteroatoms. The molecule has 8 nitrogen and oxygen atoms in total. The molecular weight excluding hydrogens is 434 g/mol. The molecule has 0 bridgehead atoms. The van der Waals surface area contributed by atoms with Crippen molar-refractivity contribution in [1.29, 1.82) is 0 Å². The summed E-state index contributed by atoms with van der Waals surface area (Å²) >= 11 is 0. The highest BCUT2D eigenvalue weighted by Gasteiger charge is 2.56. The summed E-state index contributed by atoms with van der Waals surface area (Å²) in [4.78, 5) is 33.1. The van der Waals surface area contributed by atoms with Crippen LogP contribution in [0.15, 0.2) is 0 Å². The molecule has 1 aliphatic carbocycles. The van der Waals surface area contributed by atoms with Gasteiger partial charge in [-0.05, 0) is 87.1 Å². The Morgan fingerprint density at radius 1 is 0.912 bits per heavy atom. The van der Waals surface area contributed by atoms with Crippen molar-refractivity contribution in [2.75, 3.05) is 39.8 Å². The Morgan fingerprint density at radius 2 is 1.47 bits per heavy atom. The van der Waals surface area contributed by atoms with Gasteiger partial charge in [-0.1, -0.05) is 0 Å². The van der Waals surface area contributed by atoms with Crippen molar-refractivity contribution < 1.29 is 23.8 Å². The zero-order valence-corrected chi connectivity index (χ0v) is 22.5. The Labute approximate surface area is 206 Å². The smallest absolute Gasteiger partial charge is 0.371 e. The fourth-order valence-electron chi connectivity index (χ4n) is 5.58. The number of ether oxygens (including phenoxy) is 3. The second-order valence-electron chi connectivity index (χ2n) is 11.4. The molecule has 1 saturated carbocycles. The summed E-state index contributed by atoms with van der Waals surface area (Å²) in [6.07, 6.45) is 4.91. The maximum Gasteiger partial charge on any atom is 0.371 e. The van der Waals surface area contributed by atoms with Crippen LogP contribution in [0.3, 0.4) is 0 Å². The number of likely N-dealkylation sites (N-methyl/N-ethyl adjacent to an activating group) is 1. The van der Waals surface area contributed by atoms with Crippen molar-refractivity contribution in [1.82, 2.24) is 14.7 Å². The van der Waals surface area contributed by atoms with Crippen LogP contribution in [0.5, 0.6) is 0 Å². The molecule has 1 unspecified atom stereocenters. The maximum absolute atomic E-state index is 14.1. The van der Waals surface area contributed by atoms with E-state index in [9.17, 15) is 9.59 Å². The summed E-state index contributed by atoms with van der Waals surface area (Å²) in [5, 5.41) is 0. The molecule has 0 aromatic rings. The van der Waals surface area contributed by atoms with Gasteiger partial charge in [0.1, 0.15) is 5.60 Å². The molecule has 3 fully saturated rings. The van der Waals surface area contributed by atoms with Gasteiger partial charge in [0, 0.05) is 38.3 Å². The Balaban J connectivity index is 1.90. The highest BCUT2D eigenvalue weighted by atomic mass is 16.6. The van der Waals surface area contributed by atoms with E-state index in [0.717, 1.165) is 64.7 Å². The summed E-state index contributed by atoms with van der Waals surface area (Å²) in [7, 11) is 2.15. The highest BCUT2D eigenvalue weighted by molar-refractivity contribution is 5.79. The minimum absolute atomic E-state index is 0.0776. The van der Waals surface area contributed by atoms with Crippen LogP contribution < -0.4 is 0 Å². The van der Waals surface area contributed by atoms with Gasteiger partial charge in [0.05, 0.1) is 18.6 Å². The van der Waals surface area contributed by atoms with Gasteiger partial charge >= 0.3 is 11.9 Å². The largest absolute Gasteiger partial charge is 0.466 e. The molecule has 34 heavy (non-hydrogen) atoms. The summed E-state index contributed by atoms with van der Waals surface area (Å²) < 4.78 is 18.2. The number of likely N-dealkylation sites (tertiary alicyclic amines) is 1. The topological polar surface area (TPSA) is 71.5 Å². The molecule has 2 heterocycles. The van der Waals surface area contributed by atoms with Gasteiger partial charge in [-0.2, -0.15) is 0 Å². The van der Waals surface area contributed by atoms with Gasteiger partial charge in [0.15, 0.2) is 0 Å². The zero-order valence-electron chi connectivity index (χ0n) is 22.5. The monoisotopic (exact) mass is 481 g/mol. The highest BCUT2D eigenvalue weighted by Crippen LogP contribution is 2.37. The van der Waals surface area contributed by atoms with E-state index in [1.54, 1.807) is 0 Å². The van der Waals surface area contributed by atoms with Gasteiger partial charge < -0.3 is 14.2 Å². The van der Waals surface area contributed by atoms with Crippen LogP contribution in [0.25, 0.3) is 0 Å². The predicted octanol–water partition coefficient (Wildman–Crippen LogP) is 3.24. The van der Waals surface area contributed by atoms with E-state index < -0.39 is 11.4 Å². The van der Waals surface area contributed by atoms with Gasteiger partial charge in [-0.15, -0.1) is 0 Å². The average Bonchev–Trinajstić information content (AvgIpc) is 3.30. The summed E-state index contributed by atoms with van der Waals surface area (Å²) in [6, 6.07) is 0.577. The lowest BCUT2D eigenvalue weighted by Crippen LogP contribution is -2.73. The van der Waals surface area contributed by atoms with Crippen LogP contribution in [0.1, 0.15) is 80.1 Å². The number of piperazine rings is 1. The molecule has 0 spiro atoms. The molecule has 0 aromatic carbocycles. The molecular formula is C26H47N3O5. The fourth-order valence-corrected chi connectivity index (χ4v) is 5.58. The molecule has 3 atom stereocenters. The Hall–Kier alpha value is -1.22. The molecule has 3 rings (SSSR count). The van der Waals surface area contributed by atoms with Crippen molar-refractivity contribution in [3.8, 4) is 0 Å². The molecule has 2 saturated heterocycles. The Morgan fingerprint density at radius 3 is 1.97 bits per heavy atom. The molecule has 3 aliphatic rings. The number of esters is 2. The van der Waals surface area contributed by atoms with E-state index in [2.05, 4.69) is 35.6 Å². The van der Waals surface area contributed by atoms with Crippen LogP contribution in [-0.2, 0) is 23.8 Å². The molecule has 0 radical (unpaired) electrons. The van der Waals surface area contributed by atoms with Crippen LogP contribution in [0, 0.1) is 5.92 Å². The molecule has 2 aliphatic heterocycles. The lowest BCUT2D eigenvalue weighted by Gasteiger charge is -2.54. The van der Waals surface area contributed by atoms with E-state index in [-0.39, 0.29) is 36.0 Å². The van der Waals surface area contributed by atoms with E-state index >= 15 is 0 Å². The maximum atomic E-state index is 14.1. The van der Waals surface area contributed by atoms with Gasteiger partial charge in [-0.25, -0.2) is 9.69 Å². The van der Waals surface area contributed by atoms with Crippen LogP contribution in [-0.4, -0.2) is 96.1 Å². The summed E-state index contributed by atoms with van der Waals surface area (Å²) in [5.41, 5.74) is -0.614. The second-order valence-corrected chi connectivity index (χ2v) is 11.4. The first kappa shape index (κ1) is 27.4. The predicted molar refractivity (Wildman–Crippen MR) is 131 cm³/mol. The third kappa shape index (κ3) is 6.12. The van der Waals surface area contributed by atoms with Gasteiger partial charge in [0.25, 0.3) is 5.85 Å². The van der Waals surface area contributed by atoms with E-state index in [4.69, 9.17) is 14.2 Å². The first-order chi connectivity index (χ1) is 16.0. The number of hydrogen-bond donors (Lipinski definition) is 0. The lowest BCUT2D eigenvalue weighted by molar-refractivity contribution is -0.285. The standard InChI is InChI=1S/C26H47N3O5/c1-8-32-23(30)21-11-13-22(14-12-21)33-26(28-15-9-10-16-28,24(31)34-25(4,5)6)29-17-19(2)27(7)20(3)18-29/h19-22H,8-18H2,1-7H3/t19-,20-,21-,22-,26?/m0/s1. The van der Waals surface area contributed by atoms with Crippen molar-refractivity contribution in [3.05, 3.63) is 0 Å². The van der Waals surface area contributed by atoms with Crippen molar-refractivity contribution >= 4 is 11.9 Å². The Kier molecular flexibility index (Phi) is 9.04. The number of carbonyl (C=O) groups is 2. The van der Waals surface area contributed by atoms with E-state index in [0.29, 0.717) is 6.61 Å². The molecule has 0 amide bonds. The number of hydrogen-bond acceptors (Lipinski definition) is 8. The van der Waals surface area contributed by atoms with Gasteiger partial charge in [-0.3, -0.25) is 14.6 Å². The third-order valence-electron chi connectivity index (χ3n) is 7.61. The normalized spacial score (nSPS) is 31.7. The number of rotatable bonds is 7. The number of nitrogens with zero attached hydrogens (tertiary/aromatic N) is 3. The lowest BCUT2D eigenvalue weighted by atomic mass is 9.87. The second kappa shape index (κ2) is 11.2. The zero-order chi connectivity index (χ0) is 25.1. The summed E-state index contributed by atoms with van der Waals surface area (Å²) in [5.74, 6) is -1.74. The summed E-state index contributed by atoms with van der Waals surface area (Å²) in [6.45, 7) is 15.5. The molecule has 0 N–H and O–H groups in total. The first-order valence-electron chi connectivity index (χ1n) is 13.3. The molecule has 0 aromatic heterocycles. The van der Waals surface area contributed by atoms with Crippen molar-refractivity contribution in [2.45, 2.75) is 110 Å². The van der Waals surface area contributed by atoms with Crippen LogP contribution in [0.4, 0.5) is 0 Å². The minimum atomic E-state index is -1.24. The van der Waals surface area contributed by atoms with Crippen LogP contribution in [0.2, 0.25) is 0 Å². The average molecular weight is 482 g/mol.